The average Bonchev–Trinajstić information content (AvgIpc) is 2.72. The van der Waals surface area contributed by atoms with E-state index in [-0.39, 0.29) is 9.90 Å². The number of carboxylic acids is 1. The van der Waals surface area contributed by atoms with Gasteiger partial charge in [-0.1, -0.05) is 6.42 Å². The van der Waals surface area contributed by atoms with Gasteiger partial charge in [-0.3, -0.25) is 0 Å². The molecule has 8 heteroatoms. The van der Waals surface area contributed by atoms with Gasteiger partial charge in [-0.2, -0.15) is 4.31 Å². The number of aromatic carboxylic acids is 1. The van der Waals surface area contributed by atoms with Gasteiger partial charge < -0.3 is 5.11 Å². The molecule has 1 heterocycles. The average molecular weight is 290 g/mol. The van der Waals surface area contributed by atoms with Gasteiger partial charge in [-0.15, -0.1) is 11.3 Å². The minimum absolute atomic E-state index is 0.183. The standard InChI is InChI=1S/C10H14N2O4S2/c1-12(5-7-3-2-4-7)18(15,16)10-8(9(13)14)11-6-17-10/h6-7H,2-5H2,1H3,(H,13,14). The summed E-state index contributed by atoms with van der Waals surface area (Å²) in [5.41, 5.74) is 0.855. The van der Waals surface area contributed by atoms with Crippen molar-refractivity contribution in [3.63, 3.8) is 0 Å². The zero-order chi connectivity index (χ0) is 13.3. The van der Waals surface area contributed by atoms with Crippen LogP contribution in [0.15, 0.2) is 9.72 Å². The summed E-state index contributed by atoms with van der Waals surface area (Å²) in [6.07, 6.45) is 3.21. The third-order valence-corrected chi connectivity index (χ3v) is 6.29. The van der Waals surface area contributed by atoms with E-state index in [0.717, 1.165) is 30.6 Å². The van der Waals surface area contributed by atoms with Crippen LogP contribution in [0.3, 0.4) is 0 Å². The molecule has 1 N–H and O–H groups in total. The van der Waals surface area contributed by atoms with Crippen LogP contribution in [0.1, 0.15) is 29.8 Å². The number of aromatic nitrogens is 1. The second kappa shape index (κ2) is 4.94. The summed E-state index contributed by atoms with van der Waals surface area (Å²) in [5, 5.41) is 8.90. The Balaban J connectivity index is 2.23. The number of nitrogens with zero attached hydrogens (tertiary/aromatic N) is 2. The molecule has 6 nitrogen and oxygen atoms in total. The normalized spacial score (nSPS) is 16.8. The Morgan fingerprint density at radius 3 is 2.78 bits per heavy atom. The summed E-state index contributed by atoms with van der Waals surface area (Å²) in [7, 11) is -2.25. The molecule has 1 aromatic heterocycles. The number of carbonyl (C=O) groups is 1. The minimum atomic E-state index is -3.73. The van der Waals surface area contributed by atoms with E-state index in [0.29, 0.717) is 12.5 Å². The predicted octanol–water partition coefficient (Wildman–Crippen LogP) is 1.26. The van der Waals surface area contributed by atoms with E-state index in [9.17, 15) is 13.2 Å². The third kappa shape index (κ3) is 2.40. The number of sulfonamides is 1. The van der Waals surface area contributed by atoms with Crippen molar-refractivity contribution in [2.24, 2.45) is 5.92 Å². The predicted molar refractivity (Wildman–Crippen MR) is 66.2 cm³/mol. The Morgan fingerprint density at radius 1 is 1.61 bits per heavy atom. The smallest absolute Gasteiger partial charge is 0.356 e. The molecule has 0 saturated heterocycles. The molecule has 1 aliphatic carbocycles. The van der Waals surface area contributed by atoms with E-state index in [2.05, 4.69) is 4.98 Å². The van der Waals surface area contributed by atoms with Crippen LogP contribution >= 0.6 is 11.3 Å². The Morgan fingerprint density at radius 2 is 2.28 bits per heavy atom. The lowest BCUT2D eigenvalue weighted by atomic mass is 9.86. The summed E-state index contributed by atoms with van der Waals surface area (Å²) < 4.78 is 25.5. The molecule has 1 aliphatic rings. The monoisotopic (exact) mass is 290 g/mol. The van der Waals surface area contributed by atoms with Gasteiger partial charge in [-0.25, -0.2) is 18.2 Å². The van der Waals surface area contributed by atoms with Crippen LogP contribution in [0.5, 0.6) is 0 Å². The zero-order valence-corrected chi connectivity index (χ0v) is 11.5. The van der Waals surface area contributed by atoms with Crippen molar-refractivity contribution in [3.05, 3.63) is 11.2 Å². The molecule has 0 bridgehead atoms. The van der Waals surface area contributed by atoms with E-state index in [4.69, 9.17) is 5.11 Å². The highest BCUT2D eigenvalue weighted by molar-refractivity contribution is 7.91. The van der Waals surface area contributed by atoms with Crippen LogP contribution in [0.2, 0.25) is 0 Å². The number of hydrogen-bond acceptors (Lipinski definition) is 5. The molecular formula is C10H14N2O4S2. The molecule has 18 heavy (non-hydrogen) atoms. The lowest BCUT2D eigenvalue weighted by Gasteiger charge is -2.29. The van der Waals surface area contributed by atoms with Crippen LogP contribution < -0.4 is 0 Å². The van der Waals surface area contributed by atoms with Crippen molar-refractivity contribution < 1.29 is 18.3 Å². The van der Waals surface area contributed by atoms with E-state index in [1.165, 1.54) is 16.9 Å². The lowest BCUT2D eigenvalue weighted by Crippen LogP contribution is -2.34. The van der Waals surface area contributed by atoms with Gasteiger partial charge in [0, 0.05) is 13.6 Å². The Kier molecular flexibility index (Phi) is 3.69. The number of thiazole rings is 1. The fourth-order valence-corrected chi connectivity index (χ4v) is 4.42. The topological polar surface area (TPSA) is 87.6 Å². The summed E-state index contributed by atoms with van der Waals surface area (Å²) in [4.78, 5) is 14.5. The fourth-order valence-electron chi connectivity index (χ4n) is 1.84. The maximum absolute atomic E-state index is 12.2. The van der Waals surface area contributed by atoms with Gasteiger partial charge in [0.05, 0.1) is 5.51 Å². The van der Waals surface area contributed by atoms with Crippen molar-refractivity contribution in [2.75, 3.05) is 13.6 Å². The summed E-state index contributed by atoms with van der Waals surface area (Å²) in [5.74, 6) is -0.919. The van der Waals surface area contributed by atoms with Gasteiger partial charge in [0.1, 0.15) is 0 Å². The molecule has 1 fully saturated rings. The molecule has 0 aliphatic heterocycles. The van der Waals surface area contributed by atoms with Crippen molar-refractivity contribution in [1.29, 1.82) is 0 Å². The Bertz CT molecular complexity index is 548. The van der Waals surface area contributed by atoms with E-state index in [1.807, 2.05) is 0 Å². The first-order valence-electron chi connectivity index (χ1n) is 5.56. The van der Waals surface area contributed by atoms with E-state index >= 15 is 0 Å². The van der Waals surface area contributed by atoms with Gasteiger partial charge in [0.2, 0.25) is 0 Å². The van der Waals surface area contributed by atoms with Crippen molar-refractivity contribution >= 4 is 27.3 Å². The van der Waals surface area contributed by atoms with Crippen LogP contribution in [-0.2, 0) is 10.0 Å². The number of hydrogen-bond donors (Lipinski definition) is 1. The Labute approximate surface area is 109 Å². The SMILES string of the molecule is CN(CC1CCC1)S(=O)(=O)c1scnc1C(=O)O. The van der Waals surface area contributed by atoms with Crippen LogP contribution in [0.25, 0.3) is 0 Å². The first-order chi connectivity index (χ1) is 8.43. The van der Waals surface area contributed by atoms with E-state index in [1.54, 1.807) is 0 Å². The molecule has 0 spiro atoms. The Hall–Kier alpha value is -0.990. The molecule has 0 radical (unpaired) electrons. The maximum atomic E-state index is 12.2. The molecule has 1 aromatic rings. The van der Waals surface area contributed by atoms with Crippen LogP contribution in [0, 0.1) is 5.92 Å². The van der Waals surface area contributed by atoms with E-state index < -0.39 is 16.0 Å². The highest BCUT2D eigenvalue weighted by Gasteiger charge is 2.31. The summed E-state index contributed by atoms with van der Waals surface area (Å²) in [6, 6.07) is 0. The third-order valence-electron chi connectivity index (χ3n) is 3.12. The van der Waals surface area contributed by atoms with Crippen LogP contribution in [-0.4, -0.2) is 42.4 Å². The fraction of sp³-hybridized carbons (Fsp3) is 0.600. The second-order valence-corrected chi connectivity index (χ2v) is 7.47. The second-order valence-electron chi connectivity index (χ2n) is 4.38. The largest absolute Gasteiger partial charge is 0.476 e. The quantitative estimate of drug-likeness (QED) is 0.882. The molecule has 0 amide bonds. The first kappa shape index (κ1) is 13.4. The molecule has 0 atom stereocenters. The molecule has 0 unspecified atom stereocenters. The summed E-state index contributed by atoms with van der Waals surface area (Å²) >= 11 is 0.844. The van der Waals surface area contributed by atoms with Gasteiger partial charge in [0.25, 0.3) is 10.0 Å². The molecule has 1 saturated carbocycles. The highest BCUT2D eigenvalue weighted by Crippen LogP contribution is 2.30. The van der Waals surface area contributed by atoms with Crippen molar-refractivity contribution in [3.8, 4) is 0 Å². The van der Waals surface area contributed by atoms with Gasteiger partial charge in [0.15, 0.2) is 9.90 Å². The van der Waals surface area contributed by atoms with Crippen molar-refractivity contribution in [1.82, 2.24) is 9.29 Å². The van der Waals surface area contributed by atoms with Gasteiger partial charge >= 0.3 is 5.97 Å². The molecule has 0 aromatic carbocycles. The van der Waals surface area contributed by atoms with Crippen molar-refractivity contribution in [2.45, 2.75) is 23.5 Å². The zero-order valence-electron chi connectivity index (χ0n) is 9.87. The first-order valence-corrected chi connectivity index (χ1v) is 7.88. The minimum Gasteiger partial charge on any atom is -0.476 e. The van der Waals surface area contributed by atoms with Gasteiger partial charge in [-0.05, 0) is 18.8 Å². The van der Waals surface area contributed by atoms with Crippen LogP contribution in [0.4, 0.5) is 0 Å². The molecule has 2 rings (SSSR count). The maximum Gasteiger partial charge on any atom is 0.356 e. The molecular weight excluding hydrogens is 276 g/mol. The lowest BCUT2D eigenvalue weighted by molar-refractivity contribution is 0.0687. The number of rotatable bonds is 5. The summed E-state index contributed by atoms with van der Waals surface area (Å²) in [6.45, 7) is 0.444. The molecule has 100 valence electrons. The highest BCUT2D eigenvalue weighted by atomic mass is 32.2. The number of carboxylic acid groups (broad SMARTS) is 1.